The Hall–Kier alpha value is -1.60. The van der Waals surface area contributed by atoms with E-state index in [1.165, 1.54) is 30.3 Å². The molecule has 0 spiro atoms. The van der Waals surface area contributed by atoms with Gasteiger partial charge in [0.1, 0.15) is 5.82 Å². The Morgan fingerprint density at radius 2 is 1.72 bits per heavy atom. The quantitative estimate of drug-likeness (QED) is 0.478. The molecule has 3 N–H and O–H groups in total. The van der Waals surface area contributed by atoms with E-state index in [1.807, 2.05) is 0 Å². The minimum absolute atomic E-state index is 0.00979. The summed E-state index contributed by atoms with van der Waals surface area (Å²) in [6, 6.07) is 9.87. The van der Waals surface area contributed by atoms with E-state index in [0.717, 1.165) is 12.1 Å². The van der Waals surface area contributed by atoms with Crippen molar-refractivity contribution in [1.29, 1.82) is 0 Å². The molecule has 0 unspecified atom stereocenters. The van der Waals surface area contributed by atoms with Gasteiger partial charge in [-0.05, 0) is 55.7 Å². The summed E-state index contributed by atoms with van der Waals surface area (Å²) >= 11 is 5.87. The summed E-state index contributed by atoms with van der Waals surface area (Å²) in [5, 5.41) is 9.98. The number of aliphatic hydroxyl groups is 1. The van der Waals surface area contributed by atoms with Crippen LogP contribution in [0.5, 0.6) is 0 Å². The van der Waals surface area contributed by atoms with Crippen LogP contribution in [0.25, 0.3) is 0 Å². The van der Waals surface area contributed by atoms with Gasteiger partial charge in [-0.25, -0.2) is 30.7 Å². The molecule has 0 aromatic heterocycles. The summed E-state index contributed by atoms with van der Waals surface area (Å²) in [5.41, 5.74) is 0. The normalized spacial score (nSPS) is 22.0. The van der Waals surface area contributed by atoms with Crippen LogP contribution < -0.4 is 9.44 Å². The molecule has 0 aliphatic carbocycles. The van der Waals surface area contributed by atoms with Gasteiger partial charge in [0, 0.05) is 11.6 Å². The number of halogens is 2. The van der Waals surface area contributed by atoms with Crippen LogP contribution in [0.4, 0.5) is 4.39 Å². The molecule has 8 nitrogen and oxygen atoms in total. The average Bonchev–Trinajstić information content (AvgIpc) is 2.74. The second kappa shape index (κ2) is 10.6. The molecule has 1 fully saturated rings. The van der Waals surface area contributed by atoms with Crippen LogP contribution in [0.2, 0.25) is 5.02 Å². The monoisotopic (exact) mass is 506 g/mol. The molecule has 2 aromatic rings. The van der Waals surface area contributed by atoms with E-state index in [4.69, 9.17) is 16.3 Å². The van der Waals surface area contributed by atoms with Crippen LogP contribution in [0.1, 0.15) is 19.3 Å². The zero-order valence-corrected chi connectivity index (χ0v) is 19.3. The Balaban J connectivity index is 1.55. The molecule has 12 heteroatoms. The first-order chi connectivity index (χ1) is 15.1. The van der Waals surface area contributed by atoms with Crippen LogP contribution in [0.3, 0.4) is 0 Å². The highest BCUT2D eigenvalue weighted by Gasteiger charge is 2.34. The first-order valence-electron chi connectivity index (χ1n) is 9.90. The van der Waals surface area contributed by atoms with Crippen LogP contribution >= 0.6 is 11.6 Å². The zero-order chi connectivity index (χ0) is 23.4. The van der Waals surface area contributed by atoms with E-state index in [2.05, 4.69) is 9.44 Å². The Morgan fingerprint density at radius 1 is 1.03 bits per heavy atom. The molecule has 176 valence electrons. The molecule has 1 aliphatic rings. The summed E-state index contributed by atoms with van der Waals surface area (Å²) in [7, 11) is -7.73. The predicted molar refractivity (Wildman–Crippen MR) is 117 cm³/mol. The maximum absolute atomic E-state index is 13.3. The predicted octanol–water partition coefficient (Wildman–Crippen LogP) is 2.03. The largest absolute Gasteiger partial charge is 0.394 e. The number of rotatable bonds is 9. The van der Waals surface area contributed by atoms with Crippen molar-refractivity contribution < 1.29 is 31.1 Å². The minimum Gasteiger partial charge on any atom is -0.394 e. The number of sulfonamides is 2. The third-order valence-corrected chi connectivity index (χ3v) is 8.25. The molecule has 1 aliphatic heterocycles. The van der Waals surface area contributed by atoms with Crippen molar-refractivity contribution >= 4 is 31.6 Å². The fourth-order valence-corrected chi connectivity index (χ4v) is 6.13. The Bertz CT molecular complexity index is 1150. The number of benzene rings is 2. The van der Waals surface area contributed by atoms with Gasteiger partial charge in [0.25, 0.3) is 0 Å². The second-order valence-electron chi connectivity index (χ2n) is 7.39. The van der Waals surface area contributed by atoms with Gasteiger partial charge in [-0.1, -0.05) is 23.7 Å². The lowest BCUT2D eigenvalue weighted by atomic mass is 9.98. The van der Waals surface area contributed by atoms with E-state index in [9.17, 15) is 26.3 Å². The van der Waals surface area contributed by atoms with Crippen LogP contribution in [0.15, 0.2) is 58.3 Å². The summed E-state index contributed by atoms with van der Waals surface area (Å²) in [5.74, 6) is -0.652. The minimum atomic E-state index is -3.87. The SMILES string of the molecule is O=S(=O)(NCC[C@H]1CC[C@H](NS(=O)(=O)c2cccc(Cl)c2)[C@@H](CO)O1)c1cccc(F)c1. The Labute approximate surface area is 191 Å². The van der Waals surface area contributed by atoms with Crippen LogP contribution in [0, 0.1) is 5.82 Å². The maximum atomic E-state index is 13.3. The Kier molecular flexibility index (Phi) is 8.26. The van der Waals surface area contributed by atoms with Crippen molar-refractivity contribution in [3.05, 3.63) is 59.4 Å². The number of hydrogen-bond acceptors (Lipinski definition) is 6. The molecule has 3 rings (SSSR count). The first kappa shape index (κ1) is 25.0. The van der Waals surface area contributed by atoms with Crippen molar-refractivity contribution in [3.8, 4) is 0 Å². The lowest BCUT2D eigenvalue weighted by molar-refractivity contribution is -0.0869. The molecule has 0 bridgehead atoms. The Morgan fingerprint density at radius 3 is 2.38 bits per heavy atom. The van der Waals surface area contributed by atoms with Crippen molar-refractivity contribution in [2.24, 2.45) is 0 Å². The number of ether oxygens (including phenoxy) is 1. The van der Waals surface area contributed by atoms with Gasteiger partial charge >= 0.3 is 0 Å². The van der Waals surface area contributed by atoms with Gasteiger partial charge in [0.2, 0.25) is 20.0 Å². The molecule has 0 amide bonds. The van der Waals surface area contributed by atoms with E-state index in [-0.39, 0.29) is 27.5 Å². The van der Waals surface area contributed by atoms with Gasteiger partial charge in [-0.3, -0.25) is 0 Å². The van der Waals surface area contributed by atoms with Gasteiger partial charge < -0.3 is 9.84 Å². The summed E-state index contributed by atoms with van der Waals surface area (Å²) < 4.78 is 73.8. The molecule has 0 saturated carbocycles. The molecular formula is C20H24ClFN2O6S2. The third-order valence-electron chi connectivity index (χ3n) is 5.07. The lowest BCUT2D eigenvalue weighted by Crippen LogP contribution is -2.51. The van der Waals surface area contributed by atoms with Gasteiger partial charge in [0.15, 0.2) is 0 Å². The smallest absolute Gasteiger partial charge is 0.240 e. The highest BCUT2D eigenvalue weighted by Crippen LogP contribution is 2.24. The summed E-state index contributed by atoms with van der Waals surface area (Å²) in [6.07, 6.45) is -0.0108. The average molecular weight is 507 g/mol. The molecule has 1 heterocycles. The summed E-state index contributed by atoms with van der Waals surface area (Å²) in [6.45, 7) is -0.366. The third kappa shape index (κ3) is 6.47. The van der Waals surface area contributed by atoms with Gasteiger partial charge in [-0.15, -0.1) is 0 Å². The number of hydrogen-bond donors (Lipinski definition) is 3. The fraction of sp³-hybridized carbons (Fsp3) is 0.400. The second-order valence-corrected chi connectivity index (χ2v) is 11.3. The van der Waals surface area contributed by atoms with Crippen LogP contribution in [-0.2, 0) is 24.8 Å². The topological polar surface area (TPSA) is 122 Å². The fourth-order valence-electron chi connectivity index (χ4n) is 3.45. The lowest BCUT2D eigenvalue weighted by Gasteiger charge is -2.36. The number of aliphatic hydroxyl groups excluding tert-OH is 1. The highest BCUT2D eigenvalue weighted by atomic mass is 35.5. The molecule has 1 saturated heterocycles. The van der Waals surface area contributed by atoms with E-state index >= 15 is 0 Å². The van der Waals surface area contributed by atoms with Crippen molar-refractivity contribution in [2.75, 3.05) is 13.2 Å². The molecule has 32 heavy (non-hydrogen) atoms. The van der Waals surface area contributed by atoms with Crippen LogP contribution in [-0.4, -0.2) is 53.3 Å². The van der Waals surface area contributed by atoms with E-state index < -0.39 is 44.6 Å². The van der Waals surface area contributed by atoms with Crippen molar-refractivity contribution in [3.63, 3.8) is 0 Å². The molecular weight excluding hydrogens is 483 g/mol. The molecule has 2 aromatic carbocycles. The van der Waals surface area contributed by atoms with E-state index in [0.29, 0.717) is 19.3 Å². The van der Waals surface area contributed by atoms with E-state index in [1.54, 1.807) is 6.07 Å². The highest BCUT2D eigenvalue weighted by molar-refractivity contribution is 7.89. The number of nitrogens with one attached hydrogen (secondary N) is 2. The molecule has 3 atom stereocenters. The van der Waals surface area contributed by atoms with Crippen molar-refractivity contribution in [1.82, 2.24) is 9.44 Å². The molecule has 0 radical (unpaired) electrons. The first-order valence-corrected chi connectivity index (χ1v) is 13.2. The van der Waals surface area contributed by atoms with Gasteiger partial charge in [0.05, 0.1) is 34.6 Å². The zero-order valence-electron chi connectivity index (χ0n) is 16.9. The van der Waals surface area contributed by atoms with Crippen molar-refractivity contribution in [2.45, 2.75) is 47.3 Å². The van der Waals surface area contributed by atoms with Gasteiger partial charge in [-0.2, -0.15) is 0 Å². The summed E-state index contributed by atoms with van der Waals surface area (Å²) in [4.78, 5) is -0.165. The standard InChI is InChI=1S/C20H24ClFN2O6S2/c21-14-3-1-5-17(11-14)32(28,29)24-19-8-7-16(30-20(19)13-25)9-10-23-31(26,27)18-6-2-4-15(22)12-18/h1-6,11-12,16,19-20,23-25H,7-10,13H2/t16-,19+,20-/m1/s1. The maximum Gasteiger partial charge on any atom is 0.240 e.